The minimum atomic E-state index is -0.595. The Morgan fingerprint density at radius 1 is 0.521 bits per heavy atom. The second-order valence-corrected chi connectivity index (χ2v) is 15.0. The van der Waals surface area contributed by atoms with Gasteiger partial charge in [-0.05, 0) is 76.5 Å². The molecule has 0 spiro atoms. The smallest absolute Gasteiger partial charge is 0.306 e. The predicted octanol–water partition coefficient (Wildman–Crippen LogP) is 14.7. The molecule has 0 aromatic rings. The number of ether oxygens (including phenoxy) is 1. The summed E-state index contributed by atoms with van der Waals surface area (Å²) in [5.74, 6) is -0.181. The lowest BCUT2D eigenvalue weighted by atomic mass is 9.86. The van der Waals surface area contributed by atoms with E-state index in [0.29, 0.717) is 12.3 Å². The Morgan fingerprint density at radius 2 is 0.958 bits per heavy atom. The van der Waals surface area contributed by atoms with Crippen molar-refractivity contribution in [1.82, 2.24) is 0 Å². The van der Waals surface area contributed by atoms with Crippen LogP contribution in [0, 0.1) is 11.8 Å². The summed E-state index contributed by atoms with van der Waals surface area (Å²) in [5.41, 5.74) is 0. The maximum atomic E-state index is 12.7. The van der Waals surface area contributed by atoms with Gasteiger partial charge in [-0.15, -0.1) is 0 Å². The fourth-order valence-electron chi connectivity index (χ4n) is 7.02. The van der Waals surface area contributed by atoms with E-state index in [-0.39, 0.29) is 18.0 Å². The fourth-order valence-corrected chi connectivity index (χ4v) is 7.02. The van der Waals surface area contributed by atoms with Gasteiger partial charge in [0.2, 0.25) is 0 Å². The van der Waals surface area contributed by atoms with E-state index in [1.165, 1.54) is 135 Å². The van der Waals surface area contributed by atoms with Crippen LogP contribution in [-0.4, -0.2) is 23.1 Å². The Balaban J connectivity index is 4.05. The summed E-state index contributed by atoms with van der Waals surface area (Å²) in [5, 5.41) is 9.73. The molecule has 0 aromatic carbocycles. The van der Waals surface area contributed by atoms with Gasteiger partial charge >= 0.3 is 11.9 Å². The Morgan fingerprint density at radius 3 is 1.46 bits per heavy atom. The number of rotatable bonds is 38. The zero-order valence-corrected chi connectivity index (χ0v) is 32.9. The first-order chi connectivity index (χ1) is 23.5. The number of carbonyl (C=O) groups is 2. The predicted molar refractivity (Wildman–Crippen MR) is 209 cm³/mol. The lowest BCUT2D eigenvalue weighted by molar-refractivity contribution is -0.150. The van der Waals surface area contributed by atoms with E-state index in [1.807, 2.05) is 0 Å². The molecule has 0 amide bonds. The lowest BCUT2D eigenvalue weighted by Gasteiger charge is -2.19. The first-order valence-electron chi connectivity index (χ1n) is 21.5. The number of carboxylic acid groups (broad SMARTS) is 1. The van der Waals surface area contributed by atoms with Gasteiger partial charge < -0.3 is 9.84 Å². The third-order valence-electron chi connectivity index (χ3n) is 10.4. The van der Waals surface area contributed by atoms with Crippen LogP contribution in [0.2, 0.25) is 0 Å². The van der Waals surface area contributed by atoms with Crippen LogP contribution < -0.4 is 0 Å². The quantitative estimate of drug-likeness (QED) is 0.0401. The molecule has 48 heavy (non-hydrogen) atoms. The Bertz CT molecular complexity index is 717. The van der Waals surface area contributed by atoms with Crippen molar-refractivity contribution in [2.24, 2.45) is 11.8 Å². The van der Waals surface area contributed by atoms with Gasteiger partial charge in [0.1, 0.15) is 6.10 Å². The van der Waals surface area contributed by atoms with Crippen LogP contribution in [0.5, 0.6) is 0 Å². The van der Waals surface area contributed by atoms with Gasteiger partial charge in [-0.25, -0.2) is 0 Å². The van der Waals surface area contributed by atoms with Gasteiger partial charge in [-0.3, -0.25) is 9.59 Å². The molecular formula is C44H84O4. The second kappa shape index (κ2) is 36.9. The SMILES string of the molecule is CCCCCCCC/C=C\CCCCCCCC(=O)OC(CCCCCC)CCCCCCCCCC(CC(CC)CCCC)C(=O)O. The summed E-state index contributed by atoms with van der Waals surface area (Å²) in [6.07, 6.45) is 43.4. The van der Waals surface area contributed by atoms with Crippen LogP contribution in [0.1, 0.15) is 240 Å². The molecule has 0 saturated heterocycles. The number of hydrogen-bond acceptors (Lipinski definition) is 3. The number of aliphatic carboxylic acids is 1. The number of esters is 1. The highest BCUT2D eigenvalue weighted by Crippen LogP contribution is 2.26. The maximum absolute atomic E-state index is 12.7. The summed E-state index contributed by atoms with van der Waals surface area (Å²) in [6, 6.07) is 0. The molecular weight excluding hydrogens is 592 g/mol. The molecule has 4 nitrogen and oxygen atoms in total. The van der Waals surface area contributed by atoms with Crippen molar-refractivity contribution in [2.45, 2.75) is 246 Å². The summed E-state index contributed by atoms with van der Waals surface area (Å²) < 4.78 is 6.01. The van der Waals surface area contributed by atoms with Crippen molar-refractivity contribution in [2.75, 3.05) is 0 Å². The van der Waals surface area contributed by atoms with Crippen LogP contribution in [0.3, 0.4) is 0 Å². The van der Waals surface area contributed by atoms with E-state index in [1.54, 1.807) is 0 Å². The minimum absolute atomic E-state index is 0.0170. The minimum Gasteiger partial charge on any atom is -0.481 e. The van der Waals surface area contributed by atoms with Crippen LogP contribution in [-0.2, 0) is 14.3 Å². The van der Waals surface area contributed by atoms with Gasteiger partial charge in [0, 0.05) is 6.42 Å². The van der Waals surface area contributed by atoms with Gasteiger partial charge in [0.15, 0.2) is 0 Å². The van der Waals surface area contributed by atoms with Crippen molar-refractivity contribution < 1.29 is 19.4 Å². The standard InChI is InChI=1S/C44H84O4/c1-5-9-12-14-15-16-17-18-19-20-21-22-26-29-33-38-43(45)48-42(36-31-13-10-6-2)37-32-28-25-23-24-27-30-35-41(44(46)47)39-40(8-4)34-11-7-3/h18-19,40-42H,5-17,20-39H2,1-4H3,(H,46,47)/b19-18-. The van der Waals surface area contributed by atoms with Crippen molar-refractivity contribution in [3.8, 4) is 0 Å². The average Bonchev–Trinajstić information content (AvgIpc) is 3.08. The largest absolute Gasteiger partial charge is 0.481 e. The summed E-state index contributed by atoms with van der Waals surface area (Å²) in [4.78, 5) is 24.5. The van der Waals surface area contributed by atoms with Crippen LogP contribution in [0.25, 0.3) is 0 Å². The van der Waals surface area contributed by atoms with Gasteiger partial charge in [0.05, 0.1) is 5.92 Å². The summed E-state index contributed by atoms with van der Waals surface area (Å²) >= 11 is 0. The lowest BCUT2D eigenvalue weighted by Crippen LogP contribution is -2.18. The van der Waals surface area contributed by atoms with E-state index >= 15 is 0 Å². The number of allylic oxidation sites excluding steroid dienone is 2. The van der Waals surface area contributed by atoms with E-state index in [2.05, 4.69) is 39.8 Å². The van der Waals surface area contributed by atoms with Crippen molar-refractivity contribution in [1.29, 1.82) is 0 Å². The van der Waals surface area contributed by atoms with E-state index in [4.69, 9.17) is 4.74 Å². The molecule has 0 fully saturated rings. The van der Waals surface area contributed by atoms with Gasteiger partial charge in [-0.2, -0.15) is 0 Å². The topological polar surface area (TPSA) is 63.6 Å². The molecule has 0 saturated carbocycles. The third kappa shape index (κ3) is 31.9. The molecule has 0 heterocycles. The van der Waals surface area contributed by atoms with Crippen molar-refractivity contribution in [3.05, 3.63) is 12.2 Å². The van der Waals surface area contributed by atoms with Crippen LogP contribution in [0.15, 0.2) is 12.2 Å². The molecule has 284 valence electrons. The molecule has 0 aromatic heterocycles. The Hall–Kier alpha value is -1.32. The molecule has 0 aliphatic carbocycles. The summed E-state index contributed by atoms with van der Waals surface area (Å²) in [6.45, 7) is 8.94. The first-order valence-corrected chi connectivity index (χ1v) is 21.5. The van der Waals surface area contributed by atoms with Crippen LogP contribution >= 0.6 is 0 Å². The molecule has 3 atom stereocenters. The summed E-state index contributed by atoms with van der Waals surface area (Å²) in [7, 11) is 0. The monoisotopic (exact) mass is 677 g/mol. The Labute approximate surface area is 300 Å². The molecule has 0 aliphatic rings. The van der Waals surface area contributed by atoms with E-state index in [0.717, 1.165) is 70.6 Å². The van der Waals surface area contributed by atoms with E-state index in [9.17, 15) is 14.7 Å². The second-order valence-electron chi connectivity index (χ2n) is 15.0. The molecule has 3 unspecified atom stereocenters. The van der Waals surface area contributed by atoms with Gasteiger partial charge in [0.25, 0.3) is 0 Å². The normalized spacial score (nSPS) is 13.6. The zero-order chi connectivity index (χ0) is 35.3. The number of hydrogen-bond donors (Lipinski definition) is 1. The molecule has 4 heteroatoms. The fraction of sp³-hybridized carbons (Fsp3) is 0.909. The van der Waals surface area contributed by atoms with Crippen LogP contribution in [0.4, 0.5) is 0 Å². The zero-order valence-electron chi connectivity index (χ0n) is 32.9. The van der Waals surface area contributed by atoms with Gasteiger partial charge in [-0.1, -0.05) is 175 Å². The number of carboxylic acids is 1. The van der Waals surface area contributed by atoms with Crippen molar-refractivity contribution in [3.63, 3.8) is 0 Å². The highest BCUT2D eigenvalue weighted by Gasteiger charge is 2.21. The maximum Gasteiger partial charge on any atom is 0.306 e. The highest BCUT2D eigenvalue weighted by molar-refractivity contribution is 5.70. The van der Waals surface area contributed by atoms with Crippen molar-refractivity contribution >= 4 is 11.9 Å². The number of unbranched alkanes of at least 4 members (excludes halogenated alkanes) is 21. The first kappa shape index (κ1) is 46.7. The molecule has 0 aliphatic heterocycles. The molecule has 1 N–H and O–H groups in total. The highest BCUT2D eigenvalue weighted by atomic mass is 16.5. The molecule has 0 rings (SSSR count). The Kier molecular flexibility index (Phi) is 35.9. The number of carbonyl (C=O) groups excluding carboxylic acids is 1. The molecule has 0 bridgehead atoms. The average molecular weight is 677 g/mol. The molecule has 0 radical (unpaired) electrons. The third-order valence-corrected chi connectivity index (χ3v) is 10.4. The van der Waals surface area contributed by atoms with E-state index < -0.39 is 5.97 Å².